The summed E-state index contributed by atoms with van der Waals surface area (Å²) in [7, 11) is -2.27. The molecule has 0 saturated heterocycles. The first-order chi connectivity index (χ1) is 11.3. The largest absolute Gasteiger partial charge is 0.383 e. The van der Waals surface area contributed by atoms with Crippen LogP contribution in [-0.4, -0.2) is 33.0 Å². The van der Waals surface area contributed by atoms with Crippen molar-refractivity contribution >= 4 is 44.6 Å². The molecule has 0 spiro atoms. The molecule has 0 atom stereocenters. The van der Waals surface area contributed by atoms with Gasteiger partial charge >= 0.3 is 0 Å². The molecule has 0 radical (unpaired) electrons. The van der Waals surface area contributed by atoms with Crippen molar-refractivity contribution in [3.63, 3.8) is 0 Å². The molecular weight excluding hydrogens is 389 g/mol. The summed E-state index contributed by atoms with van der Waals surface area (Å²) in [4.78, 5) is 1.02. The van der Waals surface area contributed by atoms with E-state index in [2.05, 4.69) is 0 Å². The zero-order valence-corrected chi connectivity index (χ0v) is 16.8. The average molecular weight is 408 g/mol. The van der Waals surface area contributed by atoms with Gasteiger partial charge in [0.25, 0.3) is 0 Å². The molecule has 0 aliphatic heterocycles. The number of nitrogens with zero attached hydrogens (tertiary/aromatic N) is 1. The zero-order chi connectivity index (χ0) is 17.9. The average Bonchev–Trinajstić information content (AvgIpc) is 3.02. The molecule has 1 heterocycles. The first-order valence-corrected chi connectivity index (χ1v) is 10.3. The van der Waals surface area contributed by atoms with Gasteiger partial charge in [-0.1, -0.05) is 29.3 Å². The second kappa shape index (κ2) is 8.17. The molecule has 4 nitrogen and oxygen atoms in total. The van der Waals surface area contributed by atoms with Crippen LogP contribution in [0.3, 0.4) is 0 Å². The van der Waals surface area contributed by atoms with E-state index in [1.807, 2.05) is 17.5 Å². The van der Waals surface area contributed by atoms with Gasteiger partial charge in [0.2, 0.25) is 10.0 Å². The van der Waals surface area contributed by atoms with E-state index in [-0.39, 0.29) is 23.0 Å². The number of sulfonamides is 1. The molecule has 0 aliphatic carbocycles. The summed E-state index contributed by atoms with van der Waals surface area (Å²) in [5.74, 6) is 0. The zero-order valence-electron chi connectivity index (χ0n) is 13.7. The lowest BCUT2D eigenvalue weighted by Crippen LogP contribution is -2.34. The number of aryl methyl sites for hydroxylation is 1. The summed E-state index contributed by atoms with van der Waals surface area (Å²) in [5, 5.41) is 2.52. The minimum atomic E-state index is -3.81. The standard InChI is InChI=1S/C16H19Cl2NO3S2/c1-11-9-14(17)12(2)16(15(11)18)24(20,21)19(6-7-22-3)10-13-5-4-8-23-13/h4-5,8-9H,6-7,10H2,1-3H3. The van der Waals surface area contributed by atoms with Gasteiger partial charge in [-0.15, -0.1) is 11.3 Å². The van der Waals surface area contributed by atoms with E-state index in [1.165, 1.54) is 22.8 Å². The Balaban J connectivity index is 2.52. The Kier molecular flexibility index (Phi) is 6.70. The Morgan fingerprint density at radius 1 is 1.29 bits per heavy atom. The van der Waals surface area contributed by atoms with E-state index >= 15 is 0 Å². The third-order valence-corrected chi connectivity index (χ3v) is 7.51. The molecule has 0 unspecified atom stereocenters. The van der Waals surface area contributed by atoms with Crippen molar-refractivity contribution in [2.75, 3.05) is 20.3 Å². The van der Waals surface area contributed by atoms with Crippen LogP contribution in [0.15, 0.2) is 28.5 Å². The highest BCUT2D eigenvalue weighted by Gasteiger charge is 2.30. The van der Waals surface area contributed by atoms with E-state index in [1.54, 1.807) is 19.9 Å². The quantitative estimate of drug-likeness (QED) is 0.677. The van der Waals surface area contributed by atoms with Crippen LogP contribution >= 0.6 is 34.5 Å². The highest BCUT2D eigenvalue weighted by molar-refractivity contribution is 7.89. The second-order valence-corrected chi connectivity index (χ2v) is 9.05. The van der Waals surface area contributed by atoms with Crippen molar-refractivity contribution in [3.05, 3.63) is 49.6 Å². The summed E-state index contributed by atoms with van der Waals surface area (Å²) < 4.78 is 32.9. The molecule has 0 fully saturated rings. The molecule has 2 rings (SSSR count). The molecule has 1 aromatic heterocycles. The maximum absolute atomic E-state index is 13.2. The molecule has 132 valence electrons. The molecule has 2 aromatic rings. The van der Waals surface area contributed by atoms with Crippen LogP contribution in [-0.2, 0) is 21.3 Å². The Labute approximate surface area is 157 Å². The van der Waals surface area contributed by atoms with Crippen LogP contribution in [0.25, 0.3) is 0 Å². The minimum absolute atomic E-state index is 0.0711. The van der Waals surface area contributed by atoms with Crippen LogP contribution in [0.4, 0.5) is 0 Å². The van der Waals surface area contributed by atoms with Crippen LogP contribution in [0, 0.1) is 13.8 Å². The van der Waals surface area contributed by atoms with Gasteiger partial charge in [0.05, 0.1) is 11.6 Å². The van der Waals surface area contributed by atoms with Crippen molar-refractivity contribution in [2.24, 2.45) is 0 Å². The van der Waals surface area contributed by atoms with Crippen molar-refractivity contribution in [2.45, 2.75) is 25.3 Å². The number of benzene rings is 1. The third kappa shape index (κ3) is 4.12. The Morgan fingerprint density at radius 2 is 2.00 bits per heavy atom. The third-order valence-electron chi connectivity index (χ3n) is 3.64. The first-order valence-electron chi connectivity index (χ1n) is 7.25. The van der Waals surface area contributed by atoms with Crippen LogP contribution in [0.2, 0.25) is 10.0 Å². The van der Waals surface area contributed by atoms with E-state index in [0.717, 1.165) is 4.88 Å². The normalized spacial score (nSPS) is 12.1. The van der Waals surface area contributed by atoms with E-state index in [0.29, 0.717) is 22.8 Å². The van der Waals surface area contributed by atoms with Gasteiger partial charge in [-0.05, 0) is 42.5 Å². The number of thiophene rings is 1. The molecule has 0 bridgehead atoms. The highest BCUT2D eigenvalue weighted by Crippen LogP contribution is 2.35. The fourth-order valence-electron chi connectivity index (χ4n) is 2.30. The Bertz CT molecular complexity index is 779. The van der Waals surface area contributed by atoms with Crippen molar-refractivity contribution in [1.82, 2.24) is 4.31 Å². The van der Waals surface area contributed by atoms with Crippen molar-refractivity contribution in [3.8, 4) is 0 Å². The second-order valence-electron chi connectivity index (χ2n) is 5.35. The fourth-order valence-corrected chi connectivity index (χ4v) is 5.67. The van der Waals surface area contributed by atoms with E-state index in [9.17, 15) is 8.42 Å². The van der Waals surface area contributed by atoms with Crippen molar-refractivity contribution in [1.29, 1.82) is 0 Å². The number of hydrogen-bond acceptors (Lipinski definition) is 4. The van der Waals surface area contributed by atoms with Gasteiger partial charge in [-0.3, -0.25) is 0 Å². The Hall–Kier alpha value is -0.630. The van der Waals surface area contributed by atoms with Crippen LogP contribution in [0.1, 0.15) is 16.0 Å². The predicted octanol–water partition coefficient (Wildman–Crippen LogP) is 4.51. The van der Waals surface area contributed by atoms with E-state index < -0.39 is 10.0 Å². The van der Waals surface area contributed by atoms with Gasteiger partial charge in [-0.25, -0.2) is 8.42 Å². The Morgan fingerprint density at radius 3 is 2.58 bits per heavy atom. The summed E-state index contributed by atoms with van der Waals surface area (Å²) in [6, 6.07) is 5.47. The smallest absolute Gasteiger partial charge is 0.245 e. The van der Waals surface area contributed by atoms with Gasteiger partial charge < -0.3 is 4.74 Å². The molecule has 8 heteroatoms. The summed E-state index contributed by atoms with van der Waals surface area (Å²) >= 11 is 14.0. The van der Waals surface area contributed by atoms with Crippen LogP contribution in [0.5, 0.6) is 0 Å². The molecule has 0 saturated carbocycles. The number of hydrogen-bond donors (Lipinski definition) is 0. The predicted molar refractivity (Wildman–Crippen MR) is 99.7 cm³/mol. The fraction of sp³-hybridized carbons (Fsp3) is 0.375. The maximum atomic E-state index is 13.2. The number of methoxy groups -OCH3 is 1. The monoisotopic (exact) mass is 407 g/mol. The van der Waals surface area contributed by atoms with Crippen LogP contribution < -0.4 is 0 Å². The summed E-state index contributed by atoms with van der Waals surface area (Å²) in [6.45, 7) is 4.20. The summed E-state index contributed by atoms with van der Waals surface area (Å²) in [6.07, 6.45) is 0. The van der Waals surface area contributed by atoms with Crippen molar-refractivity contribution < 1.29 is 13.2 Å². The van der Waals surface area contributed by atoms with Gasteiger partial charge in [-0.2, -0.15) is 4.31 Å². The summed E-state index contributed by atoms with van der Waals surface area (Å²) in [5.41, 5.74) is 1.09. The van der Waals surface area contributed by atoms with E-state index in [4.69, 9.17) is 27.9 Å². The highest BCUT2D eigenvalue weighted by atomic mass is 35.5. The molecule has 0 aliphatic rings. The lowest BCUT2D eigenvalue weighted by Gasteiger charge is -2.24. The minimum Gasteiger partial charge on any atom is -0.383 e. The lowest BCUT2D eigenvalue weighted by atomic mass is 10.2. The lowest BCUT2D eigenvalue weighted by molar-refractivity contribution is 0.177. The molecule has 0 amide bonds. The number of halogens is 2. The number of rotatable bonds is 7. The molecule has 0 N–H and O–H groups in total. The molecular formula is C16H19Cl2NO3S2. The van der Waals surface area contributed by atoms with Gasteiger partial charge in [0, 0.05) is 30.1 Å². The maximum Gasteiger partial charge on any atom is 0.245 e. The topological polar surface area (TPSA) is 46.6 Å². The SMILES string of the molecule is COCCN(Cc1cccs1)S(=O)(=O)c1c(C)c(Cl)cc(C)c1Cl. The first kappa shape index (κ1) is 19.7. The van der Waals surface area contributed by atoms with Gasteiger partial charge in [0.15, 0.2) is 0 Å². The number of ether oxygens (including phenoxy) is 1. The van der Waals surface area contributed by atoms with Gasteiger partial charge in [0.1, 0.15) is 4.90 Å². The molecule has 24 heavy (non-hydrogen) atoms. The molecule has 1 aromatic carbocycles.